The Kier molecular flexibility index (Phi) is 6.82. The number of rotatable bonds is 9. The Morgan fingerprint density at radius 3 is 2.62 bits per heavy atom. The molecule has 1 unspecified atom stereocenters. The fraction of sp³-hybridized carbons (Fsp3) is 0.625. The number of anilines is 2. The number of aromatic nitrogens is 4. The molecule has 1 amide bonds. The molecule has 2 aliphatic carbocycles. The third-order valence-electron chi connectivity index (χ3n) is 7.14. The summed E-state index contributed by atoms with van der Waals surface area (Å²) in [6, 6.07) is -0.538. The number of halogens is 3. The van der Waals surface area contributed by atoms with E-state index in [2.05, 4.69) is 25.3 Å². The van der Waals surface area contributed by atoms with Gasteiger partial charge in [0.05, 0.1) is 37.1 Å². The van der Waals surface area contributed by atoms with Crippen LogP contribution in [0.25, 0.3) is 0 Å². The second-order valence-corrected chi connectivity index (χ2v) is 10.1. The van der Waals surface area contributed by atoms with Crippen molar-refractivity contribution in [2.24, 2.45) is 0 Å². The summed E-state index contributed by atoms with van der Waals surface area (Å²) in [7, 11) is 0. The van der Waals surface area contributed by atoms with Gasteiger partial charge in [-0.3, -0.25) is 9.59 Å². The smallest absolute Gasteiger partial charge is 0.379 e. The fourth-order valence-electron chi connectivity index (χ4n) is 4.88. The average Bonchev–Trinajstić information content (AvgIpc) is 3.78. The molecule has 3 aliphatic rings. The highest BCUT2D eigenvalue weighted by Crippen LogP contribution is 2.45. The Morgan fingerprint density at radius 2 is 1.97 bits per heavy atom. The number of nitrogens with zero attached hydrogens (tertiary/aromatic N) is 5. The minimum absolute atomic E-state index is 0.000845. The van der Waals surface area contributed by atoms with E-state index >= 15 is 0 Å². The summed E-state index contributed by atoms with van der Waals surface area (Å²) in [5.74, 6) is 1.31. The topological polar surface area (TPSA) is 116 Å². The largest absolute Gasteiger partial charge is 0.423 e. The minimum atomic E-state index is -4.82. The molecular weight excluding hydrogens is 491 g/mol. The van der Waals surface area contributed by atoms with E-state index in [1.54, 1.807) is 12.0 Å². The third kappa shape index (κ3) is 5.71. The van der Waals surface area contributed by atoms with Crippen LogP contribution < -0.4 is 15.8 Å². The highest BCUT2D eigenvalue weighted by molar-refractivity contribution is 5.78. The molecule has 13 heteroatoms. The van der Waals surface area contributed by atoms with E-state index in [1.807, 2.05) is 17.3 Å². The van der Waals surface area contributed by atoms with E-state index in [9.17, 15) is 22.8 Å². The highest BCUT2D eigenvalue weighted by atomic mass is 19.4. The quantitative estimate of drug-likeness (QED) is 0.484. The molecule has 2 N–H and O–H groups in total. The maximum Gasteiger partial charge on any atom is 0.423 e. The van der Waals surface area contributed by atoms with Gasteiger partial charge in [0.1, 0.15) is 5.56 Å². The van der Waals surface area contributed by atoms with Gasteiger partial charge in [0.15, 0.2) is 0 Å². The van der Waals surface area contributed by atoms with E-state index in [0.29, 0.717) is 31.5 Å². The molecule has 3 fully saturated rings. The van der Waals surface area contributed by atoms with Crippen molar-refractivity contribution in [2.45, 2.75) is 62.7 Å². The van der Waals surface area contributed by atoms with Gasteiger partial charge in [-0.25, -0.2) is 15.1 Å². The van der Waals surface area contributed by atoms with Crippen LogP contribution in [0.4, 0.5) is 24.8 Å². The number of nitrogens with one attached hydrogen (secondary N) is 2. The van der Waals surface area contributed by atoms with E-state index < -0.39 is 29.0 Å². The highest BCUT2D eigenvalue weighted by Gasteiger charge is 2.53. The van der Waals surface area contributed by atoms with Gasteiger partial charge in [-0.1, -0.05) is 0 Å². The van der Waals surface area contributed by atoms with E-state index in [1.165, 1.54) is 18.4 Å². The van der Waals surface area contributed by atoms with E-state index in [4.69, 9.17) is 4.74 Å². The Bertz CT molecular complexity index is 1180. The molecule has 2 aromatic heterocycles. The predicted molar refractivity (Wildman–Crippen MR) is 128 cm³/mol. The van der Waals surface area contributed by atoms with Gasteiger partial charge in [0.25, 0.3) is 5.56 Å². The van der Waals surface area contributed by atoms with Crippen LogP contribution in [0.2, 0.25) is 0 Å². The maximum absolute atomic E-state index is 13.2. The Morgan fingerprint density at radius 1 is 1.24 bits per heavy atom. The number of hydrogen-bond acceptors (Lipinski definition) is 8. The third-order valence-corrected chi connectivity index (χ3v) is 7.14. The van der Waals surface area contributed by atoms with E-state index in [0.717, 1.165) is 19.0 Å². The van der Waals surface area contributed by atoms with Crippen LogP contribution in [0.5, 0.6) is 0 Å². The molecule has 5 rings (SSSR count). The number of carbonyl (C=O) groups is 1. The summed E-state index contributed by atoms with van der Waals surface area (Å²) in [5.41, 5.74) is -2.06. The molecule has 0 radical (unpaired) electrons. The van der Waals surface area contributed by atoms with Crippen molar-refractivity contribution in [3.05, 3.63) is 40.1 Å². The lowest BCUT2D eigenvalue weighted by atomic mass is 10.1. The average molecular weight is 522 g/mol. The molecule has 37 heavy (non-hydrogen) atoms. The Hall–Kier alpha value is -3.22. The van der Waals surface area contributed by atoms with Gasteiger partial charge in [0, 0.05) is 38.1 Å². The Balaban J connectivity index is 1.08. The molecule has 2 saturated carbocycles. The number of amides is 1. The van der Waals surface area contributed by atoms with Gasteiger partial charge in [-0.2, -0.15) is 18.3 Å². The van der Waals surface area contributed by atoms with Crippen molar-refractivity contribution >= 4 is 17.5 Å². The molecule has 3 heterocycles. The first-order valence-electron chi connectivity index (χ1n) is 12.5. The van der Waals surface area contributed by atoms with Crippen LogP contribution in [-0.4, -0.2) is 75.4 Å². The standard InChI is InChI=1S/C24H30F3N7O3/c1-15(31-18-12-30-32-21(36)20(18)24(25,26)27)13-37-9-4-19(35)34-8-7-33(14-23(34)5-6-23)22-28-10-17(11-29-22)16-2-3-16/h10-12,15-16H,2-9,13-14H2,1H3,(H2,31,32,36). The molecule has 2 aromatic rings. The minimum Gasteiger partial charge on any atom is -0.379 e. The zero-order valence-corrected chi connectivity index (χ0v) is 20.6. The molecule has 1 saturated heterocycles. The molecule has 0 aromatic carbocycles. The summed E-state index contributed by atoms with van der Waals surface area (Å²) in [6.45, 7) is 3.78. The number of aromatic amines is 1. The van der Waals surface area contributed by atoms with Crippen molar-refractivity contribution < 1.29 is 22.7 Å². The summed E-state index contributed by atoms with van der Waals surface area (Å²) < 4.78 is 45.2. The normalized spacial score (nSPS) is 19.7. The summed E-state index contributed by atoms with van der Waals surface area (Å²) in [4.78, 5) is 37.8. The molecule has 200 valence electrons. The lowest BCUT2D eigenvalue weighted by molar-refractivity contribution is -0.138. The monoisotopic (exact) mass is 521 g/mol. The van der Waals surface area contributed by atoms with Crippen LogP contribution in [0.1, 0.15) is 56.1 Å². The number of carbonyl (C=O) groups excluding carboxylic acids is 1. The van der Waals surface area contributed by atoms with Gasteiger partial charge in [-0.05, 0) is 44.1 Å². The number of piperazine rings is 1. The van der Waals surface area contributed by atoms with Crippen molar-refractivity contribution in [1.29, 1.82) is 0 Å². The summed E-state index contributed by atoms with van der Waals surface area (Å²) in [5, 5.41) is 7.86. The lowest BCUT2D eigenvalue weighted by Crippen LogP contribution is -2.57. The molecule has 10 nitrogen and oxygen atoms in total. The summed E-state index contributed by atoms with van der Waals surface area (Å²) in [6.07, 6.45) is 4.40. The maximum atomic E-state index is 13.2. The first kappa shape index (κ1) is 25.4. The van der Waals surface area contributed by atoms with Crippen molar-refractivity contribution in [3.8, 4) is 0 Å². The Labute approximate surface area is 211 Å². The van der Waals surface area contributed by atoms with Crippen LogP contribution in [0.3, 0.4) is 0 Å². The SMILES string of the molecule is CC(COCCC(=O)N1CCN(c2ncc(C3CC3)cn2)CC12CC2)Nc1cn[nH]c(=O)c1C(F)(F)F. The molecule has 1 atom stereocenters. The molecule has 1 spiro atoms. The van der Waals surface area contributed by atoms with Gasteiger partial charge in [-0.15, -0.1) is 0 Å². The second kappa shape index (κ2) is 9.92. The first-order valence-corrected chi connectivity index (χ1v) is 12.5. The zero-order valence-electron chi connectivity index (χ0n) is 20.6. The van der Waals surface area contributed by atoms with Gasteiger partial charge in [0.2, 0.25) is 11.9 Å². The number of ether oxygens (including phenoxy) is 1. The second-order valence-electron chi connectivity index (χ2n) is 10.1. The molecule has 0 bridgehead atoms. The van der Waals surface area contributed by atoms with Crippen LogP contribution in [0, 0.1) is 0 Å². The van der Waals surface area contributed by atoms with Gasteiger partial charge < -0.3 is 19.9 Å². The van der Waals surface area contributed by atoms with Gasteiger partial charge >= 0.3 is 6.18 Å². The van der Waals surface area contributed by atoms with Crippen molar-refractivity contribution in [3.63, 3.8) is 0 Å². The number of hydrogen-bond donors (Lipinski definition) is 2. The summed E-state index contributed by atoms with van der Waals surface area (Å²) >= 11 is 0. The van der Waals surface area contributed by atoms with Crippen LogP contribution in [-0.2, 0) is 15.7 Å². The molecular formula is C24H30F3N7O3. The number of alkyl halides is 3. The van der Waals surface area contributed by atoms with Crippen LogP contribution in [0.15, 0.2) is 23.4 Å². The zero-order chi connectivity index (χ0) is 26.2. The lowest BCUT2D eigenvalue weighted by Gasteiger charge is -2.42. The number of H-pyrrole nitrogens is 1. The fourth-order valence-corrected chi connectivity index (χ4v) is 4.88. The molecule has 1 aliphatic heterocycles. The first-order chi connectivity index (χ1) is 17.7. The van der Waals surface area contributed by atoms with Crippen LogP contribution >= 0.6 is 0 Å². The van der Waals surface area contributed by atoms with Crippen molar-refractivity contribution in [1.82, 2.24) is 25.1 Å². The van der Waals surface area contributed by atoms with Crippen molar-refractivity contribution in [2.75, 3.05) is 43.1 Å². The van der Waals surface area contributed by atoms with E-state index in [-0.39, 0.29) is 31.1 Å². The predicted octanol–water partition coefficient (Wildman–Crippen LogP) is 2.54.